The lowest BCUT2D eigenvalue weighted by molar-refractivity contribution is 0.171. The van der Waals surface area contributed by atoms with Crippen LogP contribution in [0.2, 0.25) is 0 Å². The van der Waals surface area contributed by atoms with Crippen molar-refractivity contribution in [2.45, 2.75) is 23.8 Å². The van der Waals surface area contributed by atoms with Crippen LogP contribution in [0.4, 0.5) is 0 Å². The highest BCUT2D eigenvalue weighted by molar-refractivity contribution is 7.89. The Hall–Kier alpha value is -3.26. The predicted octanol–water partition coefficient (Wildman–Crippen LogP) is 4.72. The fourth-order valence-electron chi connectivity index (χ4n) is 4.59. The van der Waals surface area contributed by atoms with E-state index in [-0.39, 0.29) is 10.9 Å². The molecule has 0 atom stereocenters. The number of sulfonamides is 1. The molecule has 3 aromatic carbocycles. The number of ether oxygens (including phenoxy) is 1. The molecule has 7 heteroatoms. The Bertz CT molecular complexity index is 1380. The minimum atomic E-state index is -3.64. The number of aromatic nitrogens is 1. The van der Waals surface area contributed by atoms with Gasteiger partial charge < -0.3 is 4.74 Å². The van der Waals surface area contributed by atoms with Gasteiger partial charge in [-0.25, -0.2) is 13.1 Å². The van der Waals surface area contributed by atoms with Crippen LogP contribution in [0, 0.1) is 0 Å². The minimum Gasteiger partial charge on any atom is -0.492 e. The molecule has 0 radical (unpaired) electrons. The molecule has 1 fully saturated rings. The number of benzene rings is 3. The Morgan fingerprint density at radius 1 is 0.886 bits per heavy atom. The van der Waals surface area contributed by atoms with Crippen molar-refractivity contribution in [2.24, 2.45) is 0 Å². The molecule has 0 bridgehead atoms. The van der Waals surface area contributed by atoms with Crippen LogP contribution in [-0.4, -0.2) is 50.6 Å². The van der Waals surface area contributed by atoms with Gasteiger partial charge in [0.05, 0.1) is 0 Å². The second-order valence-corrected chi connectivity index (χ2v) is 10.5. The van der Waals surface area contributed by atoms with Gasteiger partial charge in [0.15, 0.2) is 0 Å². The van der Waals surface area contributed by atoms with E-state index in [0.29, 0.717) is 12.0 Å². The Balaban J connectivity index is 1.14. The van der Waals surface area contributed by atoms with E-state index in [2.05, 4.69) is 32.8 Å². The number of fused-ring (bicyclic) bond motifs is 1. The molecule has 0 amide bonds. The van der Waals surface area contributed by atoms with Crippen molar-refractivity contribution in [3.05, 3.63) is 91.3 Å². The van der Waals surface area contributed by atoms with Crippen LogP contribution in [0.25, 0.3) is 21.9 Å². The lowest BCUT2D eigenvalue weighted by atomic mass is 10.1. The van der Waals surface area contributed by atoms with Crippen molar-refractivity contribution in [3.63, 3.8) is 0 Å². The highest BCUT2D eigenvalue weighted by Crippen LogP contribution is 2.29. The van der Waals surface area contributed by atoms with E-state index in [4.69, 9.17) is 4.74 Å². The number of pyridine rings is 1. The predicted molar refractivity (Wildman–Crippen MR) is 139 cm³/mol. The van der Waals surface area contributed by atoms with Crippen LogP contribution >= 0.6 is 0 Å². The van der Waals surface area contributed by atoms with E-state index in [9.17, 15) is 8.42 Å². The summed E-state index contributed by atoms with van der Waals surface area (Å²) in [7, 11) is -3.64. The summed E-state index contributed by atoms with van der Waals surface area (Å²) in [6, 6.07) is 25.7. The van der Waals surface area contributed by atoms with E-state index in [1.807, 2.05) is 60.7 Å². The number of nitrogens with zero attached hydrogens (tertiary/aromatic N) is 2. The maximum Gasteiger partial charge on any atom is 0.242 e. The molecule has 2 heterocycles. The van der Waals surface area contributed by atoms with Gasteiger partial charge in [0, 0.05) is 41.3 Å². The first-order chi connectivity index (χ1) is 17.1. The summed E-state index contributed by atoms with van der Waals surface area (Å²) in [5.74, 6) is 0.880. The Labute approximate surface area is 206 Å². The van der Waals surface area contributed by atoms with E-state index < -0.39 is 10.0 Å². The number of hydrogen-bond acceptors (Lipinski definition) is 5. The van der Waals surface area contributed by atoms with Gasteiger partial charge in [0.2, 0.25) is 10.0 Å². The molecular weight excluding hydrogens is 458 g/mol. The fourth-order valence-corrected chi connectivity index (χ4v) is 6.07. The van der Waals surface area contributed by atoms with Gasteiger partial charge in [0.25, 0.3) is 0 Å². The molecular formula is C28H29N3O3S. The van der Waals surface area contributed by atoms with Gasteiger partial charge in [-0.3, -0.25) is 9.88 Å². The number of hydrogen-bond donors (Lipinski definition) is 1. The molecule has 1 aliphatic heterocycles. The minimum absolute atomic E-state index is 0.0880. The number of likely N-dealkylation sites (tertiary alicyclic amines) is 1. The summed E-state index contributed by atoms with van der Waals surface area (Å²) in [6.07, 6.45) is 4.65. The number of rotatable bonds is 8. The summed E-state index contributed by atoms with van der Waals surface area (Å²) >= 11 is 0. The third-order valence-electron chi connectivity index (χ3n) is 6.47. The van der Waals surface area contributed by atoms with Crippen LogP contribution in [-0.2, 0) is 10.0 Å². The first-order valence-corrected chi connectivity index (χ1v) is 13.4. The third kappa shape index (κ3) is 5.53. The first-order valence-electron chi connectivity index (χ1n) is 11.9. The summed E-state index contributed by atoms with van der Waals surface area (Å²) in [5, 5.41) is 1.51. The number of nitrogens with one attached hydrogen (secondary N) is 1. The third-order valence-corrected chi connectivity index (χ3v) is 8.02. The zero-order valence-electron chi connectivity index (χ0n) is 19.5. The average Bonchev–Trinajstić information content (AvgIpc) is 2.90. The maximum absolute atomic E-state index is 13.1. The number of para-hydroxylation sites is 1. The van der Waals surface area contributed by atoms with E-state index in [0.717, 1.165) is 54.7 Å². The van der Waals surface area contributed by atoms with Crippen molar-refractivity contribution in [2.75, 3.05) is 26.2 Å². The summed E-state index contributed by atoms with van der Waals surface area (Å²) in [5.41, 5.74) is 2.22. The molecule has 5 rings (SSSR count). The van der Waals surface area contributed by atoms with Crippen LogP contribution in [0.1, 0.15) is 12.8 Å². The van der Waals surface area contributed by atoms with Gasteiger partial charge >= 0.3 is 0 Å². The van der Waals surface area contributed by atoms with Gasteiger partial charge in [-0.2, -0.15) is 0 Å². The monoisotopic (exact) mass is 487 g/mol. The quantitative estimate of drug-likeness (QED) is 0.389. The highest BCUT2D eigenvalue weighted by Gasteiger charge is 2.26. The number of piperidine rings is 1. The second-order valence-electron chi connectivity index (χ2n) is 8.81. The lowest BCUT2D eigenvalue weighted by Gasteiger charge is -2.32. The first kappa shape index (κ1) is 23.5. The highest BCUT2D eigenvalue weighted by atomic mass is 32.2. The summed E-state index contributed by atoms with van der Waals surface area (Å²) < 4.78 is 35.2. The summed E-state index contributed by atoms with van der Waals surface area (Å²) in [4.78, 5) is 6.70. The molecule has 180 valence electrons. The normalized spacial score (nSPS) is 15.3. The molecule has 6 nitrogen and oxygen atoms in total. The standard InChI is InChI=1S/C28H29N3O3S/c32-35(33,28-21-29-20-23-10-4-5-12-26(23)28)30-24-14-16-31(17-15-24)18-19-34-27-13-7-6-11-25(27)22-8-2-1-3-9-22/h1-13,20-21,24,30H,14-19H2. The lowest BCUT2D eigenvalue weighted by Crippen LogP contribution is -2.45. The average molecular weight is 488 g/mol. The van der Waals surface area contributed by atoms with Crippen molar-refractivity contribution < 1.29 is 13.2 Å². The van der Waals surface area contributed by atoms with Crippen LogP contribution in [0.5, 0.6) is 5.75 Å². The largest absolute Gasteiger partial charge is 0.492 e. The molecule has 1 aliphatic rings. The fraction of sp³-hybridized carbons (Fsp3) is 0.250. The second kappa shape index (κ2) is 10.6. The molecule has 0 unspecified atom stereocenters. The Kier molecular flexibility index (Phi) is 7.08. The Morgan fingerprint density at radius 3 is 2.43 bits per heavy atom. The Morgan fingerprint density at radius 2 is 1.60 bits per heavy atom. The molecule has 0 spiro atoms. The zero-order chi connectivity index (χ0) is 24.1. The van der Waals surface area contributed by atoms with Crippen molar-refractivity contribution in [1.29, 1.82) is 0 Å². The molecule has 0 aliphatic carbocycles. The molecule has 1 N–H and O–H groups in total. The van der Waals surface area contributed by atoms with Crippen molar-refractivity contribution >= 4 is 20.8 Å². The molecule has 1 saturated heterocycles. The maximum atomic E-state index is 13.1. The molecule has 35 heavy (non-hydrogen) atoms. The van der Waals surface area contributed by atoms with Gasteiger partial charge in [-0.1, -0.05) is 72.8 Å². The molecule has 4 aromatic rings. The van der Waals surface area contributed by atoms with Crippen molar-refractivity contribution in [1.82, 2.24) is 14.6 Å². The van der Waals surface area contributed by atoms with Gasteiger partial charge in [-0.05, 0) is 37.6 Å². The van der Waals surface area contributed by atoms with E-state index >= 15 is 0 Å². The van der Waals surface area contributed by atoms with E-state index in [1.54, 1.807) is 6.20 Å². The van der Waals surface area contributed by atoms with E-state index in [1.165, 1.54) is 6.20 Å². The molecule has 0 saturated carbocycles. The van der Waals surface area contributed by atoms with Crippen LogP contribution < -0.4 is 9.46 Å². The van der Waals surface area contributed by atoms with Gasteiger partial charge in [0.1, 0.15) is 17.3 Å². The molecule has 1 aromatic heterocycles. The topological polar surface area (TPSA) is 71.5 Å². The van der Waals surface area contributed by atoms with Crippen molar-refractivity contribution in [3.8, 4) is 16.9 Å². The SMILES string of the molecule is O=S(=O)(NC1CCN(CCOc2ccccc2-c2ccccc2)CC1)c1cncc2ccccc12. The smallest absolute Gasteiger partial charge is 0.242 e. The van der Waals surface area contributed by atoms with Crippen LogP contribution in [0.15, 0.2) is 96.2 Å². The van der Waals surface area contributed by atoms with Crippen LogP contribution in [0.3, 0.4) is 0 Å². The zero-order valence-corrected chi connectivity index (χ0v) is 20.3. The van der Waals surface area contributed by atoms with Gasteiger partial charge in [-0.15, -0.1) is 0 Å². The summed E-state index contributed by atoms with van der Waals surface area (Å²) in [6.45, 7) is 3.03.